The quantitative estimate of drug-likeness (QED) is 0.363. The van der Waals surface area contributed by atoms with E-state index in [4.69, 9.17) is 10.6 Å². The van der Waals surface area contributed by atoms with Gasteiger partial charge in [-0.2, -0.15) is 13.2 Å². The van der Waals surface area contributed by atoms with Crippen LogP contribution < -0.4 is 10.6 Å². The summed E-state index contributed by atoms with van der Waals surface area (Å²) in [4.78, 5) is 11.3. The van der Waals surface area contributed by atoms with Crippen LogP contribution in [0.3, 0.4) is 0 Å². The van der Waals surface area contributed by atoms with Gasteiger partial charge in [0.05, 0.1) is 19.3 Å². The molecule has 0 aliphatic heterocycles. The van der Waals surface area contributed by atoms with Crippen molar-refractivity contribution in [3.8, 4) is 5.75 Å². The lowest BCUT2D eigenvalue weighted by Crippen LogP contribution is -2.21. The normalized spacial score (nSPS) is 11.3. The molecule has 2 rings (SSSR count). The number of ether oxygens (including phenoxy) is 2. The number of carbonyl (C=O) groups excluding carboxylic acids is 1. The predicted octanol–water partition coefficient (Wildman–Crippen LogP) is 1.97. The molecule has 0 aliphatic rings. The maximum atomic E-state index is 12.5. The van der Waals surface area contributed by atoms with Crippen molar-refractivity contribution in [2.75, 3.05) is 25.3 Å². The topological polar surface area (TPSA) is 92.3 Å². The SMILES string of the molecule is COC(=O)c1ccc(OCCSc2nnc(C(F)(F)F)n2N)cc1. The molecule has 0 amide bonds. The summed E-state index contributed by atoms with van der Waals surface area (Å²) in [6.07, 6.45) is -4.65. The number of nitrogen functional groups attached to an aromatic ring is 1. The van der Waals surface area contributed by atoms with Gasteiger partial charge in [0.25, 0.3) is 5.82 Å². The Labute approximate surface area is 138 Å². The van der Waals surface area contributed by atoms with Gasteiger partial charge in [-0.05, 0) is 24.3 Å². The van der Waals surface area contributed by atoms with Gasteiger partial charge in [-0.25, -0.2) is 9.47 Å². The number of nitrogens with two attached hydrogens (primary N) is 1. The molecule has 0 aliphatic carbocycles. The molecule has 0 radical (unpaired) electrons. The Bertz CT molecular complexity index is 703. The van der Waals surface area contributed by atoms with Crippen LogP contribution in [0.5, 0.6) is 5.75 Å². The lowest BCUT2D eigenvalue weighted by atomic mass is 10.2. The molecule has 1 heterocycles. The number of hydrogen-bond acceptors (Lipinski definition) is 7. The number of benzene rings is 1. The third kappa shape index (κ3) is 4.31. The number of halogens is 3. The Morgan fingerprint density at radius 3 is 2.50 bits per heavy atom. The first kappa shape index (κ1) is 17.9. The number of thioether (sulfide) groups is 1. The fourth-order valence-electron chi connectivity index (χ4n) is 1.67. The van der Waals surface area contributed by atoms with Gasteiger partial charge in [0, 0.05) is 5.75 Å². The molecule has 7 nitrogen and oxygen atoms in total. The van der Waals surface area contributed by atoms with Crippen LogP contribution in [0.4, 0.5) is 13.2 Å². The number of alkyl halides is 3. The Balaban J connectivity index is 1.83. The molecule has 1 aromatic heterocycles. The van der Waals surface area contributed by atoms with E-state index in [2.05, 4.69) is 14.9 Å². The molecule has 11 heteroatoms. The van der Waals surface area contributed by atoms with E-state index in [9.17, 15) is 18.0 Å². The van der Waals surface area contributed by atoms with Crippen LogP contribution >= 0.6 is 11.8 Å². The van der Waals surface area contributed by atoms with Crippen molar-refractivity contribution in [1.82, 2.24) is 14.9 Å². The highest BCUT2D eigenvalue weighted by molar-refractivity contribution is 7.99. The number of nitrogens with zero attached hydrogens (tertiary/aromatic N) is 3. The summed E-state index contributed by atoms with van der Waals surface area (Å²) in [7, 11) is 1.28. The van der Waals surface area contributed by atoms with E-state index in [1.54, 1.807) is 24.3 Å². The third-order valence-corrected chi connectivity index (χ3v) is 3.68. The maximum absolute atomic E-state index is 12.5. The number of methoxy groups -OCH3 is 1. The average Bonchev–Trinajstić information content (AvgIpc) is 2.92. The summed E-state index contributed by atoms with van der Waals surface area (Å²) in [6, 6.07) is 6.26. The predicted molar refractivity (Wildman–Crippen MR) is 79.2 cm³/mol. The zero-order chi connectivity index (χ0) is 17.7. The molecule has 2 aromatic rings. The molecule has 2 N–H and O–H groups in total. The molecule has 24 heavy (non-hydrogen) atoms. The number of esters is 1. The van der Waals surface area contributed by atoms with Gasteiger partial charge in [0.1, 0.15) is 5.75 Å². The summed E-state index contributed by atoms with van der Waals surface area (Å²) < 4.78 is 47.9. The molecule has 0 saturated heterocycles. The first-order valence-electron chi connectivity index (χ1n) is 6.54. The molecule has 0 fully saturated rings. The number of hydrogen-bond donors (Lipinski definition) is 1. The second kappa shape index (κ2) is 7.43. The number of rotatable bonds is 6. The second-order valence-electron chi connectivity index (χ2n) is 4.39. The first-order valence-corrected chi connectivity index (χ1v) is 7.53. The van der Waals surface area contributed by atoms with Crippen LogP contribution in [0.25, 0.3) is 0 Å². The van der Waals surface area contributed by atoms with E-state index < -0.39 is 18.0 Å². The summed E-state index contributed by atoms with van der Waals surface area (Å²) in [5.41, 5.74) is 0.384. The van der Waals surface area contributed by atoms with Gasteiger partial charge >= 0.3 is 12.1 Å². The molecule has 0 saturated carbocycles. The van der Waals surface area contributed by atoms with Crippen molar-refractivity contribution in [3.63, 3.8) is 0 Å². The van der Waals surface area contributed by atoms with Crippen LogP contribution in [0.1, 0.15) is 16.2 Å². The fourth-order valence-corrected chi connectivity index (χ4v) is 2.34. The van der Waals surface area contributed by atoms with Gasteiger partial charge in [0.15, 0.2) is 0 Å². The zero-order valence-electron chi connectivity index (χ0n) is 12.4. The Morgan fingerprint density at radius 1 is 1.29 bits per heavy atom. The number of carbonyl (C=O) groups is 1. The fraction of sp³-hybridized carbons (Fsp3) is 0.308. The average molecular weight is 362 g/mol. The zero-order valence-corrected chi connectivity index (χ0v) is 13.2. The van der Waals surface area contributed by atoms with Crippen molar-refractivity contribution >= 4 is 17.7 Å². The summed E-state index contributed by atoms with van der Waals surface area (Å²) in [5, 5.41) is 6.34. The second-order valence-corrected chi connectivity index (χ2v) is 5.45. The van der Waals surface area contributed by atoms with E-state index >= 15 is 0 Å². The maximum Gasteiger partial charge on any atom is 0.453 e. The number of aromatic nitrogens is 3. The molecule has 0 bridgehead atoms. The molecule has 0 atom stereocenters. The Kier molecular flexibility index (Phi) is 5.54. The summed E-state index contributed by atoms with van der Waals surface area (Å²) >= 11 is 0.980. The van der Waals surface area contributed by atoms with Crippen molar-refractivity contribution in [2.24, 2.45) is 0 Å². The highest BCUT2D eigenvalue weighted by Crippen LogP contribution is 2.28. The van der Waals surface area contributed by atoms with E-state index in [0.29, 0.717) is 21.7 Å². The van der Waals surface area contributed by atoms with Crippen molar-refractivity contribution in [3.05, 3.63) is 35.7 Å². The van der Waals surface area contributed by atoms with E-state index in [-0.39, 0.29) is 11.8 Å². The van der Waals surface area contributed by atoms with Crippen LogP contribution in [0.2, 0.25) is 0 Å². The molecule has 0 spiro atoms. The minimum atomic E-state index is -4.65. The van der Waals surface area contributed by atoms with Gasteiger partial charge < -0.3 is 15.3 Å². The molecular formula is C13H13F3N4O3S. The largest absolute Gasteiger partial charge is 0.493 e. The van der Waals surface area contributed by atoms with Gasteiger partial charge in [-0.3, -0.25) is 0 Å². The van der Waals surface area contributed by atoms with Crippen LogP contribution in [-0.2, 0) is 10.9 Å². The van der Waals surface area contributed by atoms with Crippen molar-refractivity contribution in [2.45, 2.75) is 11.3 Å². The summed E-state index contributed by atoms with van der Waals surface area (Å²) in [6.45, 7) is 0.205. The first-order chi connectivity index (χ1) is 11.3. The highest BCUT2D eigenvalue weighted by Gasteiger charge is 2.38. The van der Waals surface area contributed by atoms with E-state index in [1.807, 2.05) is 0 Å². The molecule has 0 unspecified atom stereocenters. The van der Waals surface area contributed by atoms with Crippen LogP contribution in [0.15, 0.2) is 29.4 Å². The van der Waals surface area contributed by atoms with E-state index in [1.165, 1.54) is 7.11 Å². The molecule has 1 aromatic carbocycles. The van der Waals surface area contributed by atoms with Crippen LogP contribution in [-0.4, -0.2) is 40.3 Å². The molecule has 130 valence electrons. The van der Waals surface area contributed by atoms with Crippen molar-refractivity contribution in [1.29, 1.82) is 0 Å². The van der Waals surface area contributed by atoms with Gasteiger partial charge in [-0.1, -0.05) is 11.8 Å². The third-order valence-electron chi connectivity index (χ3n) is 2.78. The van der Waals surface area contributed by atoms with E-state index in [0.717, 1.165) is 11.8 Å². The van der Waals surface area contributed by atoms with Gasteiger partial charge in [-0.15, -0.1) is 10.2 Å². The monoisotopic (exact) mass is 362 g/mol. The van der Waals surface area contributed by atoms with Crippen molar-refractivity contribution < 1.29 is 27.4 Å². The standard InChI is InChI=1S/C13H13F3N4O3S/c1-22-10(21)8-2-4-9(5-3-8)23-6-7-24-12-19-18-11(20(12)17)13(14,15)16/h2-5H,6-7,17H2,1H3. The minimum Gasteiger partial charge on any atom is -0.493 e. The smallest absolute Gasteiger partial charge is 0.453 e. The minimum absolute atomic E-state index is 0.0630. The lowest BCUT2D eigenvalue weighted by molar-refractivity contribution is -0.146. The van der Waals surface area contributed by atoms with Gasteiger partial charge in [0.2, 0.25) is 5.16 Å². The highest BCUT2D eigenvalue weighted by atomic mass is 32.2. The Hall–Kier alpha value is -2.43. The van der Waals surface area contributed by atoms with Crippen LogP contribution in [0, 0.1) is 0 Å². The lowest BCUT2D eigenvalue weighted by Gasteiger charge is -2.07. The Morgan fingerprint density at radius 2 is 1.96 bits per heavy atom. The molecular weight excluding hydrogens is 349 g/mol. The summed E-state index contributed by atoms with van der Waals surface area (Å²) in [5.74, 6) is 4.41.